The Morgan fingerprint density at radius 1 is 0.867 bits per heavy atom. The minimum Gasteiger partial charge on any atom is -0.497 e. The molecule has 0 spiro atoms. The molecule has 0 aromatic heterocycles. The lowest BCUT2D eigenvalue weighted by Crippen LogP contribution is -2.48. The summed E-state index contributed by atoms with van der Waals surface area (Å²) in [5.41, 5.74) is 4.30. The Morgan fingerprint density at radius 3 is 2.27 bits per heavy atom. The summed E-state index contributed by atoms with van der Waals surface area (Å²) in [5, 5.41) is 3.02. The zero-order chi connectivity index (χ0) is 20.8. The summed E-state index contributed by atoms with van der Waals surface area (Å²) in [4.78, 5) is 17.0. The van der Waals surface area contributed by atoms with Crippen LogP contribution in [0.15, 0.2) is 78.9 Å². The van der Waals surface area contributed by atoms with Crippen molar-refractivity contribution in [2.75, 3.05) is 50.1 Å². The summed E-state index contributed by atoms with van der Waals surface area (Å²) in [7, 11) is 1.69. The van der Waals surface area contributed by atoms with Gasteiger partial charge in [-0.3, -0.25) is 9.69 Å². The second kappa shape index (κ2) is 9.46. The molecule has 30 heavy (non-hydrogen) atoms. The molecule has 4 rings (SSSR count). The Bertz CT molecular complexity index is 965. The maximum absolute atomic E-state index is 12.5. The van der Waals surface area contributed by atoms with Crippen LogP contribution in [0.3, 0.4) is 0 Å². The van der Waals surface area contributed by atoms with Gasteiger partial charge in [0.2, 0.25) is 5.91 Å². The topological polar surface area (TPSA) is 44.8 Å². The molecule has 0 saturated carbocycles. The van der Waals surface area contributed by atoms with Gasteiger partial charge in [0, 0.05) is 43.6 Å². The highest BCUT2D eigenvalue weighted by atomic mass is 16.5. The van der Waals surface area contributed by atoms with Gasteiger partial charge in [0.05, 0.1) is 13.7 Å². The lowest BCUT2D eigenvalue weighted by Gasteiger charge is -2.35. The molecule has 154 valence electrons. The van der Waals surface area contributed by atoms with Crippen molar-refractivity contribution in [3.05, 3.63) is 78.9 Å². The zero-order valence-corrected chi connectivity index (χ0v) is 17.3. The number of rotatable bonds is 6. The monoisotopic (exact) mass is 401 g/mol. The van der Waals surface area contributed by atoms with Crippen molar-refractivity contribution in [1.82, 2.24) is 4.90 Å². The minimum absolute atomic E-state index is 0.0253. The molecule has 1 aliphatic heterocycles. The van der Waals surface area contributed by atoms with Gasteiger partial charge >= 0.3 is 0 Å². The second-order valence-corrected chi connectivity index (χ2v) is 7.46. The van der Waals surface area contributed by atoms with Crippen LogP contribution in [0.2, 0.25) is 0 Å². The van der Waals surface area contributed by atoms with Gasteiger partial charge in [-0.15, -0.1) is 0 Å². The van der Waals surface area contributed by atoms with Crippen LogP contribution in [0.25, 0.3) is 11.1 Å². The number of carbonyl (C=O) groups is 1. The van der Waals surface area contributed by atoms with Crippen LogP contribution < -0.4 is 15.0 Å². The summed E-state index contributed by atoms with van der Waals surface area (Å²) in [6.45, 7) is 3.92. The summed E-state index contributed by atoms with van der Waals surface area (Å²) in [6, 6.07) is 26.3. The van der Waals surface area contributed by atoms with Crippen LogP contribution in [0.1, 0.15) is 0 Å². The number of methoxy groups -OCH3 is 1. The SMILES string of the molecule is COc1cccc(N2CCN(CC(=O)Nc3ccc(-c4ccccc4)cc3)CC2)c1. The van der Waals surface area contributed by atoms with E-state index in [0.717, 1.165) is 48.9 Å². The lowest BCUT2D eigenvalue weighted by atomic mass is 10.1. The third-order valence-electron chi connectivity index (χ3n) is 5.43. The average molecular weight is 402 g/mol. The molecule has 1 amide bonds. The first kappa shape index (κ1) is 20.0. The lowest BCUT2D eigenvalue weighted by molar-refractivity contribution is -0.117. The predicted molar refractivity (Wildman–Crippen MR) is 122 cm³/mol. The first-order valence-corrected chi connectivity index (χ1v) is 10.3. The molecular formula is C25H27N3O2. The van der Waals surface area contributed by atoms with Crippen molar-refractivity contribution < 1.29 is 9.53 Å². The van der Waals surface area contributed by atoms with E-state index < -0.39 is 0 Å². The third kappa shape index (κ3) is 4.99. The van der Waals surface area contributed by atoms with Gasteiger partial charge in [-0.1, -0.05) is 48.5 Å². The Kier molecular flexibility index (Phi) is 6.30. The molecule has 1 fully saturated rings. The van der Waals surface area contributed by atoms with E-state index in [1.165, 1.54) is 5.56 Å². The van der Waals surface area contributed by atoms with Gasteiger partial charge in [0.15, 0.2) is 0 Å². The van der Waals surface area contributed by atoms with Crippen LogP contribution >= 0.6 is 0 Å². The van der Waals surface area contributed by atoms with Crippen molar-refractivity contribution in [3.63, 3.8) is 0 Å². The number of ether oxygens (including phenoxy) is 1. The number of hydrogen-bond donors (Lipinski definition) is 1. The van der Waals surface area contributed by atoms with E-state index in [1.807, 2.05) is 54.6 Å². The van der Waals surface area contributed by atoms with Crippen molar-refractivity contribution in [3.8, 4) is 16.9 Å². The van der Waals surface area contributed by atoms with Crippen LogP contribution in [0.5, 0.6) is 5.75 Å². The highest BCUT2D eigenvalue weighted by Crippen LogP contribution is 2.23. The quantitative estimate of drug-likeness (QED) is 0.675. The predicted octanol–water partition coefficient (Wildman–Crippen LogP) is 4.12. The number of benzene rings is 3. The molecule has 0 aliphatic carbocycles. The summed E-state index contributed by atoms with van der Waals surface area (Å²) in [5.74, 6) is 0.893. The van der Waals surface area contributed by atoms with Gasteiger partial charge < -0.3 is 15.0 Å². The number of nitrogens with one attached hydrogen (secondary N) is 1. The number of piperazine rings is 1. The molecule has 3 aromatic carbocycles. The molecular weight excluding hydrogens is 374 g/mol. The molecule has 0 bridgehead atoms. The highest BCUT2D eigenvalue weighted by Gasteiger charge is 2.19. The molecule has 3 aromatic rings. The normalized spacial score (nSPS) is 14.4. The van der Waals surface area contributed by atoms with E-state index in [4.69, 9.17) is 4.74 Å². The van der Waals surface area contributed by atoms with Crippen molar-refractivity contribution >= 4 is 17.3 Å². The number of amides is 1. The van der Waals surface area contributed by atoms with Gasteiger partial charge in [-0.05, 0) is 35.4 Å². The standard InChI is InChI=1S/C25H27N3O2/c1-30-24-9-5-8-23(18-24)28-16-14-27(15-17-28)19-25(29)26-22-12-10-21(11-13-22)20-6-3-2-4-7-20/h2-13,18H,14-17,19H2,1H3,(H,26,29). The highest BCUT2D eigenvalue weighted by molar-refractivity contribution is 5.92. The molecule has 1 N–H and O–H groups in total. The van der Waals surface area contributed by atoms with Crippen LogP contribution in [0.4, 0.5) is 11.4 Å². The van der Waals surface area contributed by atoms with E-state index in [1.54, 1.807) is 7.11 Å². The fraction of sp³-hybridized carbons (Fsp3) is 0.240. The molecule has 1 heterocycles. The van der Waals surface area contributed by atoms with E-state index >= 15 is 0 Å². The van der Waals surface area contributed by atoms with E-state index in [-0.39, 0.29) is 5.91 Å². The largest absolute Gasteiger partial charge is 0.497 e. The average Bonchev–Trinajstić information content (AvgIpc) is 2.80. The summed E-state index contributed by atoms with van der Waals surface area (Å²) >= 11 is 0. The zero-order valence-electron chi connectivity index (χ0n) is 17.3. The molecule has 0 atom stereocenters. The maximum Gasteiger partial charge on any atom is 0.238 e. The Morgan fingerprint density at radius 2 is 1.57 bits per heavy atom. The Labute approximate surface area is 177 Å². The van der Waals surface area contributed by atoms with E-state index in [2.05, 4.69) is 39.4 Å². The molecule has 0 unspecified atom stereocenters. The fourth-order valence-electron chi connectivity index (χ4n) is 3.75. The number of hydrogen-bond acceptors (Lipinski definition) is 4. The van der Waals surface area contributed by atoms with Gasteiger partial charge in [-0.2, -0.15) is 0 Å². The first-order valence-electron chi connectivity index (χ1n) is 10.3. The minimum atomic E-state index is 0.0253. The van der Waals surface area contributed by atoms with E-state index in [9.17, 15) is 4.79 Å². The van der Waals surface area contributed by atoms with Crippen LogP contribution in [-0.4, -0.2) is 50.6 Å². The van der Waals surface area contributed by atoms with E-state index in [0.29, 0.717) is 6.54 Å². The van der Waals surface area contributed by atoms with Crippen molar-refractivity contribution in [2.45, 2.75) is 0 Å². The fourth-order valence-corrected chi connectivity index (χ4v) is 3.75. The number of anilines is 2. The summed E-state index contributed by atoms with van der Waals surface area (Å²) < 4.78 is 5.32. The molecule has 1 aliphatic rings. The maximum atomic E-state index is 12.5. The molecule has 5 nitrogen and oxygen atoms in total. The number of nitrogens with zero attached hydrogens (tertiary/aromatic N) is 2. The molecule has 5 heteroatoms. The van der Waals surface area contributed by atoms with Crippen molar-refractivity contribution in [2.24, 2.45) is 0 Å². The third-order valence-corrected chi connectivity index (χ3v) is 5.43. The second-order valence-electron chi connectivity index (χ2n) is 7.46. The number of carbonyl (C=O) groups excluding carboxylic acids is 1. The van der Waals surface area contributed by atoms with Crippen LogP contribution in [0, 0.1) is 0 Å². The van der Waals surface area contributed by atoms with Crippen LogP contribution in [-0.2, 0) is 4.79 Å². The summed E-state index contributed by atoms with van der Waals surface area (Å²) in [6.07, 6.45) is 0. The van der Waals surface area contributed by atoms with Gasteiger partial charge in [-0.25, -0.2) is 0 Å². The smallest absolute Gasteiger partial charge is 0.238 e. The Balaban J connectivity index is 1.27. The molecule has 0 radical (unpaired) electrons. The Hall–Kier alpha value is -3.31. The first-order chi connectivity index (χ1) is 14.7. The van der Waals surface area contributed by atoms with Crippen molar-refractivity contribution in [1.29, 1.82) is 0 Å². The van der Waals surface area contributed by atoms with Gasteiger partial charge in [0.1, 0.15) is 5.75 Å². The van der Waals surface area contributed by atoms with Gasteiger partial charge in [0.25, 0.3) is 0 Å². The molecule has 1 saturated heterocycles.